The molecule has 0 aliphatic rings. The standard InChI is InChI=1S/C13H19BrFNO2/c1-9(2)7-18-8-11(17)6-16-13-5-10(15)3-4-12(13)14/h3-5,9,11,16-17H,6-8H2,1-2H3. The summed E-state index contributed by atoms with van der Waals surface area (Å²) in [6.07, 6.45) is -0.612. The van der Waals surface area contributed by atoms with Crippen LogP contribution in [0.3, 0.4) is 0 Å². The first-order valence-corrected chi connectivity index (χ1v) is 6.73. The van der Waals surface area contributed by atoms with Crippen LogP contribution in [0.1, 0.15) is 13.8 Å². The predicted octanol–water partition coefficient (Wildman–Crippen LogP) is 3.03. The molecule has 0 saturated heterocycles. The predicted molar refractivity (Wildman–Crippen MR) is 74.3 cm³/mol. The third-order valence-electron chi connectivity index (χ3n) is 2.22. The second-order valence-electron chi connectivity index (χ2n) is 4.59. The lowest BCUT2D eigenvalue weighted by molar-refractivity contribution is 0.0318. The average Bonchev–Trinajstić information content (AvgIpc) is 2.30. The van der Waals surface area contributed by atoms with E-state index >= 15 is 0 Å². The summed E-state index contributed by atoms with van der Waals surface area (Å²) in [4.78, 5) is 0. The molecule has 0 bridgehead atoms. The van der Waals surface area contributed by atoms with Crippen LogP contribution < -0.4 is 5.32 Å². The van der Waals surface area contributed by atoms with Gasteiger partial charge in [0.2, 0.25) is 0 Å². The number of hydrogen-bond acceptors (Lipinski definition) is 3. The zero-order chi connectivity index (χ0) is 13.5. The summed E-state index contributed by atoms with van der Waals surface area (Å²) in [6, 6.07) is 4.38. The quantitative estimate of drug-likeness (QED) is 0.811. The Kier molecular flexibility index (Phi) is 6.60. The van der Waals surface area contributed by atoms with E-state index in [1.165, 1.54) is 12.1 Å². The first-order chi connectivity index (χ1) is 8.49. The maximum Gasteiger partial charge on any atom is 0.125 e. The Morgan fingerprint density at radius 3 is 2.78 bits per heavy atom. The number of hydrogen-bond donors (Lipinski definition) is 2. The molecular weight excluding hydrogens is 301 g/mol. The van der Waals surface area contributed by atoms with E-state index in [0.29, 0.717) is 24.8 Å². The van der Waals surface area contributed by atoms with Crippen molar-refractivity contribution in [3.05, 3.63) is 28.5 Å². The molecule has 0 fully saturated rings. The third-order valence-corrected chi connectivity index (χ3v) is 2.91. The number of rotatable bonds is 7. The van der Waals surface area contributed by atoms with Gasteiger partial charge in [0.15, 0.2) is 0 Å². The molecule has 0 saturated carbocycles. The highest BCUT2D eigenvalue weighted by Crippen LogP contribution is 2.22. The Balaban J connectivity index is 2.33. The molecule has 1 atom stereocenters. The lowest BCUT2D eigenvalue weighted by Crippen LogP contribution is -2.25. The Morgan fingerprint density at radius 1 is 1.39 bits per heavy atom. The van der Waals surface area contributed by atoms with Crippen LogP contribution in [-0.2, 0) is 4.74 Å². The van der Waals surface area contributed by atoms with Gasteiger partial charge in [0.05, 0.1) is 18.4 Å². The molecule has 0 heterocycles. The number of benzene rings is 1. The molecule has 0 amide bonds. The van der Waals surface area contributed by atoms with E-state index < -0.39 is 6.10 Å². The van der Waals surface area contributed by atoms with Crippen molar-refractivity contribution in [3.8, 4) is 0 Å². The summed E-state index contributed by atoms with van der Waals surface area (Å²) in [6.45, 7) is 5.32. The summed E-state index contributed by atoms with van der Waals surface area (Å²) >= 11 is 3.31. The van der Waals surface area contributed by atoms with Crippen molar-refractivity contribution in [1.29, 1.82) is 0 Å². The van der Waals surface area contributed by atoms with Crippen molar-refractivity contribution in [2.24, 2.45) is 5.92 Å². The molecule has 18 heavy (non-hydrogen) atoms. The lowest BCUT2D eigenvalue weighted by Gasteiger charge is -2.15. The second-order valence-corrected chi connectivity index (χ2v) is 5.44. The molecule has 1 unspecified atom stereocenters. The van der Waals surface area contributed by atoms with Gasteiger partial charge in [-0.05, 0) is 40.0 Å². The van der Waals surface area contributed by atoms with Crippen molar-refractivity contribution in [2.45, 2.75) is 20.0 Å². The minimum atomic E-state index is -0.612. The smallest absolute Gasteiger partial charge is 0.125 e. The van der Waals surface area contributed by atoms with Crippen LogP contribution in [0.2, 0.25) is 0 Å². The minimum absolute atomic E-state index is 0.276. The normalized spacial score (nSPS) is 12.8. The number of aliphatic hydroxyl groups is 1. The van der Waals surface area contributed by atoms with Gasteiger partial charge in [0.1, 0.15) is 5.82 Å². The molecule has 1 aromatic carbocycles. The molecular formula is C13H19BrFNO2. The van der Waals surface area contributed by atoms with E-state index in [1.54, 1.807) is 6.07 Å². The summed E-state index contributed by atoms with van der Waals surface area (Å²) in [5.41, 5.74) is 0.623. The van der Waals surface area contributed by atoms with Crippen molar-refractivity contribution in [1.82, 2.24) is 0 Å². The van der Waals surface area contributed by atoms with Crippen molar-refractivity contribution in [3.63, 3.8) is 0 Å². The zero-order valence-electron chi connectivity index (χ0n) is 10.6. The van der Waals surface area contributed by atoms with Crippen LogP contribution in [0.15, 0.2) is 22.7 Å². The van der Waals surface area contributed by atoms with Crippen LogP contribution in [-0.4, -0.2) is 31.0 Å². The molecule has 1 aromatic rings. The minimum Gasteiger partial charge on any atom is -0.389 e. The maximum atomic E-state index is 13.0. The van der Waals surface area contributed by atoms with E-state index in [9.17, 15) is 9.50 Å². The van der Waals surface area contributed by atoms with E-state index in [0.717, 1.165) is 4.47 Å². The van der Waals surface area contributed by atoms with Gasteiger partial charge in [-0.1, -0.05) is 13.8 Å². The Hall–Kier alpha value is -0.650. The van der Waals surface area contributed by atoms with Gasteiger partial charge in [-0.25, -0.2) is 4.39 Å². The third kappa shape index (κ3) is 5.80. The summed E-state index contributed by atoms with van der Waals surface area (Å²) in [5.74, 6) is 0.133. The number of aliphatic hydroxyl groups excluding tert-OH is 1. The fraction of sp³-hybridized carbons (Fsp3) is 0.538. The molecule has 0 spiro atoms. The molecule has 102 valence electrons. The average molecular weight is 320 g/mol. The molecule has 2 N–H and O–H groups in total. The molecule has 0 radical (unpaired) electrons. The monoisotopic (exact) mass is 319 g/mol. The van der Waals surface area contributed by atoms with Crippen LogP contribution in [0.25, 0.3) is 0 Å². The molecule has 0 aliphatic heterocycles. The second kappa shape index (κ2) is 7.71. The first kappa shape index (κ1) is 15.4. The van der Waals surface area contributed by atoms with Gasteiger partial charge >= 0.3 is 0 Å². The Morgan fingerprint density at radius 2 is 2.11 bits per heavy atom. The fourth-order valence-electron chi connectivity index (χ4n) is 1.36. The van der Waals surface area contributed by atoms with E-state index in [-0.39, 0.29) is 12.4 Å². The van der Waals surface area contributed by atoms with Crippen LogP contribution >= 0.6 is 15.9 Å². The summed E-state index contributed by atoms with van der Waals surface area (Å²) < 4.78 is 19.1. The molecule has 0 aromatic heterocycles. The van der Waals surface area contributed by atoms with Crippen LogP contribution in [0.5, 0.6) is 0 Å². The highest BCUT2D eigenvalue weighted by molar-refractivity contribution is 9.10. The first-order valence-electron chi connectivity index (χ1n) is 5.93. The van der Waals surface area contributed by atoms with Crippen LogP contribution in [0.4, 0.5) is 10.1 Å². The van der Waals surface area contributed by atoms with Gasteiger partial charge in [0, 0.05) is 17.6 Å². The molecule has 1 rings (SSSR count). The van der Waals surface area contributed by atoms with E-state index in [2.05, 4.69) is 35.1 Å². The maximum absolute atomic E-state index is 13.0. The van der Waals surface area contributed by atoms with E-state index in [4.69, 9.17) is 4.74 Å². The molecule has 0 aliphatic carbocycles. The fourth-order valence-corrected chi connectivity index (χ4v) is 1.75. The SMILES string of the molecule is CC(C)COCC(O)CNc1cc(F)ccc1Br. The topological polar surface area (TPSA) is 41.5 Å². The number of nitrogens with one attached hydrogen (secondary N) is 1. The van der Waals surface area contributed by atoms with Gasteiger partial charge < -0.3 is 15.2 Å². The van der Waals surface area contributed by atoms with Gasteiger partial charge in [-0.3, -0.25) is 0 Å². The number of anilines is 1. The van der Waals surface area contributed by atoms with Crippen molar-refractivity contribution < 1.29 is 14.2 Å². The summed E-state index contributed by atoms with van der Waals surface area (Å²) in [5, 5.41) is 12.7. The van der Waals surface area contributed by atoms with Crippen LogP contribution in [0, 0.1) is 11.7 Å². The lowest BCUT2D eigenvalue weighted by atomic mass is 10.2. The van der Waals surface area contributed by atoms with E-state index in [1.807, 2.05) is 0 Å². The zero-order valence-corrected chi connectivity index (χ0v) is 12.2. The Bertz CT molecular complexity index is 374. The Labute approximate surface area is 115 Å². The molecule has 5 heteroatoms. The molecule has 3 nitrogen and oxygen atoms in total. The van der Waals surface area contributed by atoms with Gasteiger partial charge in [-0.15, -0.1) is 0 Å². The van der Waals surface area contributed by atoms with Crippen molar-refractivity contribution >= 4 is 21.6 Å². The van der Waals surface area contributed by atoms with Crippen molar-refractivity contribution in [2.75, 3.05) is 25.1 Å². The number of ether oxygens (including phenoxy) is 1. The van der Waals surface area contributed by atoms with Gasteiger partial charge in [-0.2, -0.15) is 0 Å². The van der Waals surface area contributed by atoms with Gasteiger partial charge in [0.25, 0.3) is 0 Å². The highest BCUT2D eigenvalue weighted by Gasteiger charge is 2.07. The highest BCUT2D eigenvalue weighted by atomic mass is 79.9. The largest absolute Gasteiger partial charge is 0.389 e. The summed E-state index contributed by atoms with van der Waals surface area (Å²) in [7, 11) is 0. The number of halogens is 2.